The van der Waals surface area contributed by atoms with Gasteiger partial charge in [0.15, 0.2) is 0 Å². The highest BCUT2D eigenvalue weighted by molar-refractivity contribution is 7.09. The maximum Gasteiger partial charge on any atom is 0.310 e. The summed E-state index contributed by atoms with van der Waals surface area (Å²) in [4.78, 5) is 18.7. The first-order valence-corrected chi connectivity index (χ1v) is 7.94. The van der Waals surface area contributed by atoms with E-state index in [-0.39, 0.29) is 17.3 Å². The van der Waals surface area contributed by atoms with E-state index in [1.807, 2.05) is 0 Å². The molecule has 0 aromatic carbocycles. The number of esters is 1. The van der Waals surface area contributed by atoms with E-state index in [1.165, 1.54) is 7.11 Å². The normalized spacial score (nSPS) is 24.1. The van der Waals surface area contributed by atoms with Crippen LogP contribution in [0.25, 0.3) is 0 Å². The zero-order chi connectivity index (χ0) is 14.9. The van der Waals surface area contributed by atoms with E-state index >= 15 is 0 Å². The van der Waals surface area contributed by atoms with Crippen LogP contribution in [-0.2, 0) is 21.5 Å². The van der Waals surface area contributed by atoms with Crippen LogP contribution in [0.3, 0.4) is 0 Å². The van der Waals surface area contributed by atoms with Gasteiger partial charge in [-0.1, -0.05) is 27.7 Å². The second-order valence-electron chi connectivity index (χ2n) is 6.68. The fourth-order valence-corrected chi connectivity index (χ4v) is 3.64. The van der Waals surface area contributed by atoms with Gasteiger partial charge in [-0.3, -0.25) is 9.69 Å². The summed E-state index contributed by atoms with van der Waals surface area (Å²) < 4.78 is 4.87. The van der Waals surface area contributed by atoms with E-state index in [9.17, 15) is 4.79 Å². The second-order valence-corrected chi connectivity index (χ2v) is 7.62. The van der Waals surface area contributed by atoms with Gasteiger partial charge in [0.25, 0.3) is 0 Å². The van der Waals surface area contributed by atoms with Gasteiger partial charge in [-0.2, -0.15) is 0 Å². The monoisotopic (exact) mass is 296 g/mol. The number of hydrogen-bond donors (Lipinski definition) is 0. The summed E-state index contributed by atoms with van der Waals surface area (Å²) in [6, 6.07) is 0. The molecule has 0 spiro atoms. The van der Waals surface area contributed by atoms with E-state index in [4.69, 9.17) is 9.72 Å². The molecule has 2 atom stereocenters. The minimum atomic E-state index is -0.0884. The van der Waals surface area contributed by atoms with Gasteiger partial charge in [-0.25, -0.2) is 4.98 Å². The van der Waals surface area contributed by atoms with Gasteiger partial charge >= 0.3 is 5.97 Å². The molecule has 5 heteroatoms. The van der Waals surface area contributed by atoms with Crippen molar-refractivity contribution in [3.05, 3.63) is 16.1 Å². The molecule has 2 heterocycles. The highest BCUT2D eigenvalue weighted by Gasteiger charge is 2.35. The molecule has 0 bridgehead atoms. The number of rotatable bonds is 3. The summed E-state index contributed by atoms with van der Waals surface area (Å²) in [5.74, 6) is 0.265. The SMILES string of the molecule is COC(=O)C1CN(Cc2nc(C(C)(C)C)cs2)CC1C. The molecule has 4 nitrogen and oxygen atoms in total. The number of ether oxygens (including phenoxy) is 1. The third-order valence-electron chi connectivity index (χ3n) is 3.87. The summed E-state index contributed by atoms with van der Waals surface area (Å²) in [5, 5.41) is 3.28. The summed E-state index contributed by atoms with van der Waals surface area (Å²) in [7, 11) is 1.47. The number of hydrogen-bond acceptors (Lipinski definition) is 5. The Kier molecular flexibility index (Phi) is 4.49. The van der Waals surface area contributed by atoms with Crippen molar-refractivity contribution in [1.82, 2.24) is 9.88 Å². The minimum Gasteiger partial charge on any atom is -0.469 e. The zero-order valence-corrected chi connectivity index (χ0v) is 13.8. The lowest BCUT2D eigenvalue weighted by Crippen LogP contribution is -2.24. The van der Waals surface area contributed by atoms with E-state index in [2.05, 4.69) is 38.0 Å². The zero-order valence-electron chi connectivity index (χ0n) is 13.0. The number of thiazole rings is 1. The number of carbonyl (C=O) groups is 1. The minimum absolute atomic E-state index is 0.00190. The van der Waals surface area contributed by atoms with Crippen LogP contribution in [0.5, 0.6) is 0 Å². The lowest BCUT2D eigenvalue weighted by Gasteiger charge is -2.15. The summed E-state index contributed by atoms with van der Waals surface area (Å²) in [6.45, 7) is 11.2. The van der Waals surface area contributed by atoms with Crippen LogP contribution in [-0.4, -0.2) is 36.1 Å². The lowest BCUT2D eigenvalue weighted by atomic mass is 9.93. The summed E-state index contributed by atoms with van der Waals surface area (Å²) in [6.07, 6.45) is 0. The Hall–Kier alpha value is -0.940. The van der Waals surface area contributed by atoms with Crippen molar-refractivity contribution in [3.8, 4) is 0 Å². The van der Waals surface area contributed by atoms with Gasteiger partial charge < -0.3 is 4.74 Å². The van der Waals surface area contributed by atoms with Crippen molar-refractivity contribution in [2.24, 2.45) is 11.8 Å². The fourth-order valence-electron chi connectivity index (χ4n) is 2.57. The predicted molar refractivity (Wildman–Crippen MR) is 80.8 cm³/mol. The first-order chi connectivity index (χ1) is 9.31. The van der Waals surface area contributed by atoms with Crippen LogP contribution in [0.15, 0.2) is 5.38 Å². The first kappa shape index (κ1) is 15.4. The van der Waals surface area contributed by atoms with E-state index in [0.29, 0.717) is 5.92 Å². The van der Waals surface area contributed by atoms with Crippen LogP contribution in [0, 0.1) is 11.8 Å². The van der Waals surface area contributed by atoms with Gasteiger partial charge in [0.1, 0.15) is 5.01 Å². The molecule has 20 heavy (non-hydrogen) atoms. The van der Waals surface area contributed by atoms with Gasteiger partial charge in [-0.05, 0) is 5.92 Å². The standard InChI is InChI=1S/C15H24N2O2S/c1-10-6-17(7-11(10)14(18)19-5)8-13-16-12(9-20-13)15(2,3)4/h9-11H,6-8H2,1-5H3. The van der Waals surface area contributed by atoms with Gasteiger partial charge in [0.2, 0.25) is 0 Å². The average Bonchev–Trinajstić information content (AvgIpc) is 2.95. The van der Waals surface area contributed by atoms with Crippen molar-refractivity contribution >= 4 is 17.3 Å². The van der Waals surface area contributed by atoms with Crippen LogP contribution >= 0.6 is 11.3 Å². The van der Waals surface area contributed by atoms with Crippen LogP contribution in [0.2, 0.25) is 0 Å². The number of methoxy groups -OCH3 is 1. The highest BCUT2D eigenvalue weighted by Crippen LogP contribution is 2.28. The Morgan fingerprint density at radius 2 is 2.20 bits per heavy atom. The number of aromatic nitrogens is 1. The van der Waals surface area contributed by atoms with Crippen molar-refractivity contribution < 1.29 is 9.53 Å². The molecule has 0 N–H and O–H groups in total. The van der Waals surface area contributed by atoms with E-state index < -0.39 is 0 Å². The predicted octanol–water partition coefficient (Wildman–Crippen LogP) is 2.68. The molecule has 0 amide bonds. The van der Waals surface area contributed by atoms with Crippen molar-refractivity contribution in [1.29, 1.82) is 0 Å². The van der Waals surface area contributed by atoms with Crippen LogP contribution < -0.4 is 0 Å². The molecule has 1 aliphatic heterocycles. The molecule has 0 saturated carbocycles. The molecule has 1 fully saturated rings. The lowest BCUT2D eigenvalue weighted by molar-refractivity contribution is -0.146. The van der Waals surface area contributed by atoms with Crippen molar-refractivity contribution in [3.63, 3.8) is 0 Å². The maximum absolute atomic E-state index is 11.7. The largest absolute Gasteiger partial charge is 0.469 e. The molecular formula is C15H24N2O2S. The van der Waals surface area contributed by atoms with E-state index in [1.54, 1.807) is 11.3 Å². The molecule has 1 aliphatic rings. The number of carbonyl (C=O) groups excluding carboxylic acids is 1. The highest BCUT2D eigenvalue weighted by atomic mass is 32.1. The van der Waals surface area contributed by atoms with E-state index in [0.717, 1.165) is 30.3 Å². The molecule has 112 valence electrons. The Bertz CT molecular complexity index is 478. The summed E-state index contributed by atoms with van der Waals surface area (Å²) in [5.41, 5.74) is 1.25. The third kappa shape index (κ3) is 3.38. The topological polar surface area (TPSA) is 42.4 Å². The van der Waals surface area contributed by atoms with Gasteiger partial charge in [-0.15, -0.1) is 11.3 Å². The molecule has 2 rings (SSSR count). The smallest absolute Gasteiger partial charge is 0.310 e. The van der Waals surface area contributed by atoms with Crippen LogP contribution in [0.4, 0.5) is 0 Å². The van der Waals surface area contributed by atoms with Gasteiger partial charge in [0.05, 0.1) is 25.3 Å². The van der Waals surface area contributed by atoms with Crippen molar-refractivity contribution in [2.75, 3.05) is 20.2 Å². The number of nitrogens with zero attached hydrogens (tertiary/aromatic N) is 2. The molecule has 0 radical (unpaired) electrons. The second kappa shape index (κ2) is 5.82. The molecule has 1 aromatic heterocycles. The third-order valence-corrected chi connectivity index (χ3v) is 4.70. The Balaban J connectivity index is 1.98. The Labute approximate surface area is 125 Å². The molecule has 2 unspecified atom stereocenters. The summed E-state index contributed by atoms with van der Waals surface area (Å²) >= 11 is 1.71. The molecular weight excluding hydrogens is 272 g/mol. The first-order valence-electron chi connectivity index (χ1n) is 7.06. The molecule has 1 aromatic rings. The average molecular weight is 296 g/mol. The Morgan fingerprint density at radius 3 is 2.75 bits per heavy atom. The maximum atomic E-state index is 11.7. The fraction of sp³-hybridized carbons (Fsp3) is 0.733. The number of likely N-dealkylation sites (tertiary alicyclic amines) is 1. The molecule has 1 saturated heterocycles. The Morgan fingerprint density at radius 1 is 1.50 bits per heavy atom. The van der Waals surface area contributed by atoms with Gasteiger partial charge in [0, 0.05) is 23.9 Å². The van der Waals surface area contributed by atoms with Crippen molar-refractivity contribution in [2.45, 2.75) is 39.7 Å². The quantitative estimate of drug-likeness (QED) is 0.804. The molecule has 0 aliphatic carbocycles. The van der Waals surface area contributed by atoms with Crippen LogP contribution in [0.1, 0.15) is 38.4 Å².